The second kappa shape index (κ2) is 6.73. The van der Waals surface area contributed by atoms with Crippen LogP contribution in [0.5, 0.6) is 5.75 Å². The van der Waals surface area contributed by atoms with Crippen molar-refractivity contribution in [3.05, 3.63) is 34.3 Å². The molecule has 0 bridgehead atoms. The highest BCUT2D eigenvalue weighted by Crippen LogP contribution is 2.27. The van der Waals surface area contributed by atoms with E-state index in [9.17, 15) is 0 Å². The first-order chi connectivity index (χ1) is 9.26. The molecule has 0 amide bonds. The van der Waals surface area contributed by atoms with Crippen LogP contribution in [0.25, 0.3) is 0 Å². The third kappa shape index (κ3) is 3.36. The van der Waals surface area contributed by atoms with Gasteiger partial charge in [0, 0.05) is 11.9 Å². The van der Waals surface area contributed by atoms with E-state index in [4.69, 9.17) is 4.74 Å². The van der Waals surface area contributed by atoms with Crippen LogP contribution in [0.3, 0.4) is 0 Å². The van der Waals surface area contributed by atoms with Crippen LogP contribution < -0.4 is 10.1 Å². The highest BCUT2D eigenvalue weighted by molar-refractivity contribution is 7.09. The lowest BCUT2D eigenvalue weighted by molar-refractivity contribution is 0.392. The lowest BCUT2D eigenvalue weighted by atomic mass is 10.1. The number of ether oxygens (including phenoxy) is 1. The number of hydrogen-bond donors (Lipinski definition) is 1. The fraction of sp³-hybridized carbons (Fsp3) is 0.500. The number of hydrogen-bond acceptors (Lipinski definition) is 4. The number of aryl methyl sites for hydroxylation is 2. The zero-order valence-corrected chi connectivity index (χ0v) is 12.5. The molecule has 2 rings (SSSR count). The normalized spacial score (nSPS) is 12.6. The van der Waals surface area contributed by atoms with Gasteiger partial charge in [-0.1, -0.05) is 6.07 Å². The Morgan fingerprint density at radius 3 is 3.00 bits per heavy atom. The van der Waals surface area contributed by atoms with Gasteiger partial charge < -0.3 is 10.1 Å². The average Bonchev–Trinajstić information content (AvgIpc) is 3.05. The van der Waals surface area contributed by atoms with Gasteiger partial charge in [-0.15, -0.1) is 11.3 Å². The molecule has 2 aromatic heterocycles. The average molecular weight is 279 g/mol. The van der Waals surface area contributed by atoms with Crippen LogP contribution in [0.1, 0.15) is 29.5 Å². The van der Waals surface area contributed by atoms with Crippen LogP contribution in [-0.2, 0) is 13.5 Å². The molecule has 5 heteroatoms. The van der Waals surface area contributed by atoms with Crippen molar-refractivity contribution in [1.29, 1.82) is 0 Å². The lowest BCUT2D eigenvalue weighted by Gasteiger charge is -2.17. The van der Waals surface area contributed by atoms with E-state index >= 15 is 0 Å². The quantitative estimate of drug-likeness (QED) is 0.847. The monoisotopic (exact) mass is 279 g/mol. The molecule has 4 nitrogen and oxygen atoms in total. The Hall–Kier alpha value is -1.33. The summed E-state index contributed by atoms with van der Waals surface area (Å²) in [6, 6.07) is 4.59. The first-order valence-corrected chi connectivity index (χ1v) is 7.39. The minimum Gasteiger partial charge on any atom is -0.493 e. The van der Waals surface area contributed by atoms with E-state index in [0.717, 1.165) is 30.7 Å². The fourth-order valence-electron chi connectivity index (χ4n) is 2.33. The van der Waals surface area contributed by atoms with Crippen molar-refractivity contribution in [3.8, 4) is 5.75 Å². The minimum atomic E-state index is 0.280. The lowest BCUT2D eigenvalue weighted by Crippen LogP contribution is -2.20. The molecule has 0 saturated heterocycles. The number of nitrogens with one attached hydrogen (secondary N) is 1. The van der Waals surface area contributed by atoms with Gasteiger partial charge in [-0.05, 0) is 37.8 Å². The molecule has 19 heavy (non-hydrogen) atoms. The van der Waals surface area contributed by atoms with E-state index in [1.165, 1.54) is 4.88 Å². The van der Waals surface area contributed by atoms with E-state index in [-0.39, 0.29) is 6.04 Å². The molecule has 0 aliphatic rings. The van der Waals surface area contributed by atoms with Crippen molar-refractivity contribution in [3.63, 3.8) is 0 Å². The van der Waals surface area contributed by atoms with E-state index in [0.29, 0.717) is 0 Å². The van der Waals surface area contributed by atoms with Crippen LogP contribution in [0, 0.1) is 0 Å². The molecule has 1 unspecified atom stereocenters. The van der Waals surface area contributed by atoms with Gasteiger partial charge in [-0.3, -0.25) is 4.68 Å². The molecule has 2 aromatic rings. The molecular formula is C14H21N3OS. The highest BCUT2D eigenvalue weighted by Gasteiger charge is 2.18. The predicted octanol–water partition coefficient (Wildman–Crippen LogP) is 2.77. The van der Waals surface area contributed by atoms with Crippen LogP contribution in [0.4, 0.5) is 0 Å². The van der Waals surface area contributed by atoms with Crippen molar-refractivity contribution in [2.75, 3.05) is 14.2 Å². The van der Waals surface area contributed by atoms with Crippen molar-refractivity contribution in [2.24, 2.45) is 7.05 Å². The molecular weight excluding hydrogens is 258 g/mol. The first-order valence-electron chi connectivity index (χ1n) is 6.51. The van der Waals surface area contributed by atoms with Crippen molar-refractivity contribution >= 4 is 11.3 Å². The highest BCUT2D eigenvalue weighted by atomic mass is 32.1. The Morgan fingerprint density at radius 2 is 2.37 bits per heavy atom. The Bertz CT molecular complexity index is 493. The van der Waals surface area contributed by atoms with E-state index in [1.54, 1.807) is 13.3 Å². The largest absolute Gasteiger partial charge is 0.493 e. The van der Waals surface area contributed by atoms with Gasteiger partial charge in [0.2, 0.25) is 0 Å². The SMILES string of the molecule is CNC(CCCc1cccs1)c1c(OC)cnn1C. The third-order valence-corrected chi connectivity index (χ3v) is 4.28. The Labute approximate surface area is 118 Å². The molecule has 0 radical (unpaired) electrons. The third-order valence-electron chi connectivity index (χ3n) is 3.34. The Morgan fingerprint density at radius 1 is 1.53 bits per heavy atom. The summed E-state index contributed by atoms with van der Waals surface area (Å²) in [6.07, 6.45) is 5.14. The van der Waals surface area contributed by atoms with Crippen LogP contribution in [0.15, 0.2) is 23.7 Å². The molecule has 104 valence electrons. The number of methoxy groups -OCH3 is 1. The first kappa shape index (κ1) is 14.1. The molecule has 0 aliphatic heterocycles. The van der Waals surface area contributed by atoms with Gasteiger partial charge in [0.25, 0.3) is 0 Å². The van der Waals surface area contributed by atoms with E-state index < -0.39 is 0 Å². The van der Waals surface area contributed by atoms with E-state index in [1.807, 2.05) is 30.1 Å². The summed E-state index contributed by atoms with van der Waals surface area (Å²) in [4.78, 5) is 1.45. The number of nitrogens with zero attached hydrogens (tertiary/aromatic N) is 2. The minimum absolute atomic E-state index is 0.280. The molecule has 0 aromatic carbocycles. The van der Waals surface area contributed by atoms with Crippen molar-refractivity contribution in [1.82, 2.24) is 15.1 Å². The van der Waals surface area contributed by atoms with Crippen LogP contribution in [0.2, 0.25) is 0 Å². The maximum Gasteiger partial charge on any atom is 0.161 e. The Balaban J connectivity index is 1.97. The van der Waals surface area contributed by atoms with Gasteiger partial charge in [-0.25, -0.2) is 0 Å². The molecule has 2 heterocycles. The van der Waals surface area contributed by atoms with Gasteiger partial charge in [0.1, 0.15) is 0 Å². The second-order valence-electron chi connectivity index (χ2n) is 4.53. The van der Waals surface area contributed by atoms with Gasteiger partial charge in [0.05, 0.1) is 25.0 Å². The maximum atomic E-state index is 5.38. The second-order valence-corrected chi connectivity index (χ2v) is 5.57. The molecule has 0 aliphatic carbocycles. The zero-order chi connectivity index (χ0) is 13.7. The summed E-state index contributed by atoms with van der Waals surface area (Å²) < 4.78 is 7.27. The van der Waals surface area contributed by atoms with Crippen LogP contribution >= 0.6 is 11.3 Å². The summed E-state index contributed by atoms with van der Waals surface area (Å²) in [6.45, 7) is 0. The van der Waals surface area contributed by atoms with Crippen molar-refractivity contribution in [2.45, 2.75) is 25.3 Å². The smallest absolute Gasteiger partial charge is 0.161 e. The Kier molecular flexibility index (Phi) is 4.99. The summed E-state index contributed by atoms with van der Waals surface area (Å²) in [5, 5.41) is 9.76. The summed E-state index contributed by atoms with van der Waals surface area (Å²) >= 11 is 1.83. The zero-order valence-electron chi connectivity index (χ0n) is 11.7. The van der Waals surface area contributed by atoms with Crippen LogP contribution in [-0.4, -0.2) is 23.9 Å². The van der Waals surface area contributed by atoms with Crippen molar-refractivity contribution < 1.29 is 4.74 Å². The molecule has 1 atom stereocenters. The summed E-state index contributed by atoms with van der Waals surface area (Å²) in [5.41, 5.74) is 1.12. The molecule has 0 saturated carbocycles. The topological polar surface area (TPSA) is 39.1 Å². The molecule has 1 N–H and O–H groups in total. The summed E-state index contributed by atoms with van der Waals surface area (Å²) in [5.74, 6) is 0.859. The number of rotatable bonds is 7. The van der Waals surface area contributed by atoms with E-state index in [2.05, 4.69) is 27.9 Å². The number of thiophene rings is 1. The van der Waals surface area contributed by atoms with Gasteiger partial charge in [-0.2, -0.15) is 5.10 Å². The maximum absolute atomic E-state index is 5.38. The number of aromatic nitrogens is 2. The summed E-state index contributed by atoms with van der Waals surface area (Å²) in [7, 11) is 5.64. The molecule has 0 fully saturated rings. The standard InChI is InChI=1S/C14H21N3OS/c1-15-12(8-4-6-11-7-5-9-19-11)14-13(18-3)10-16-17(14)2/h5,7,9-10,12,15H,4,6,8H2,1-3H3. The molecule has 0 spiro atoms. The van der Waals surface area contributed by atoms with Gasteiger partial charge >= 0.3 is 0 Å². The fourth-order valence-corrected chi connectivity index (χ4v) is 3.09. The van der Waals surface area contributed by atoms with Gasteiger partial charge in [0.15, 0.2) is 5.75 Å². The predicted molar refractivity (Wildman–Crippen MR) is 78.8 cm³/mol.